The van der Waals surface area contributed by atoms with Crippen LogP contribution >= 0.6 is 0 Å². The number of carbonyl (C=O) groups excluding carboxylic acids is 1. The molecule has 2 heterocycles. The summed E-state index contributed by atoms with van der Waals surface area (Å²) in [5.74, 6) is -4.69. The predicted octanol–water partition coefficient (Wildman–Crippen LogP) is 4.91. The van der Waals surface area contributed by atoms with E-state index in [0.717, 1.165) is 25.7 Å². The van der Waals surface area contributed by atoms with Gasteiger partial charge >= 0.3 is 12.3 Å². The molecule has 1 aromatic heterocycles. The summed E-state index contributed by atoms with van der Waals surface area (Å²) in [6, 6.07) is 2.72. The highest BCUT2D eigenvalue weighted by Gasteiger charge is 2.42. The van der Waals surface area contributed by atoms with E-state index in [-0.39, 0.29) is 28.9 Å². The highest BCUT2D eigenvalue weighted by atomic mass is 19.3. The fraction of sp³-hybridized carbons (Fsp3) is 0.727. The van der Waals surface area contributed by atoms with Gasteiger partial charge in [0.15, 0.2) is 6.61 Å². The zero-order chi connectivity index (χ0) is 23.4. The van der Waals surface area contributed by atoms with Gasteiger partial charge in [0.25, 0.3) is 5.91 Å². The van der Waals surface area contributed by atoms with Crippen LogP contribution in [0.15, 0.2) is 18.3 Å². The SMILES string of the molecule is CCCCN(C(=O)c1ccc(OCC(F)(F)C(F)F)nc1)C1CC(C)(C)NC(C)(C)C1. The van der Waals surface area contributed by atoms with E-state index >= 15 is 0 Å². The van der Waals surface area contributed by atoms with Crippen LogP contribution in [0.25, 0.3) is 0 Å². The minimum absolute atomic E-state index is 0.0333. The average Bonchev–Trinajstić information content (AvgIpc) is 2.64. The van der Waals surface area contributed by atoms with Gasteiger partial charge in [0.1, 0.15) is 0 Å². The highest BCUT2D eigenvalue weighted by molar-refractivity contribution is 5.94. The van der Waals surface area contributed by atoms with Gasteiger partial charge in [0.05, 0.1) is 5.56 Å². The van der Waals surface area contributed by atoms with Gasteiger partial charge in [-0.15, -0.1) is 0 Å². The first-order chi connectivity index (χ1) is 14.3. The molecule has 0 saturated carbocycles. The molecule has 0 aliphatic carbocycles. The number of carbonyl (C=O) groups is 1. The molecule has 0 spiro atoms. The zero-order valence-electron chi connectivity index (χ0n) is 18.9. The van der Waals surface area contributed by atoms with E-state index in [1.165, 1.54) is 18.3 Å². The number of piperidine rings is 1. The van der Waals surface area contributed by atoms with Crippen molar-refractivity contribution < 1.29 is 27.1 Å². The number of unbranched alkanes of at least 4 members (excludes halogenated alkanes) is 1. The van der Waals surface area contributed by atoms with Crippen molar-refractivity contribution in [3.05, 3.63) is 23.9 Å². The largest absolute Gasteiger partial charge is 0.471 e. The Balaban J connectivity index is 2.16. The van der Waals surface area contributed by atoms with E-state index in [2.05, 4.69) is 49.7 Å². The van der Waals surface area contributed by atoms with Crippen molar-refractivity contribution in [3.63, 3.8) is 0 Å². The van der Waals surface area contributed by atoms with Crippen molar-refractivity contribution >= 4 is 5.91 Å². The van der Waals surface area contributed by atoms with Gasteiger partial charge in [-0.2, -0.15) is 8.78 Å². The van der Waals surface area contributed by atoms with Crippen molar-refractivity contribution in [3.8, 4) is 5.88 Å². The summed E-state index contributed by atoms with van der Waals surface area (Å²) in [5, 5.41) is 3.61. The topological polar surface area (TPSA) is 54.5 Å². The van der Waals surface area contributed by atoms with E-state index in [9.17, 15) is 22.4 Å². The van der Waals surface area contributed by atoms with Crippen molar-refractivity contribution in [1.29, 1.82) is 0 Å². The Kier molecular flexibility index (Phi) is 7.94. The second kappa shape index (κ2) is 9.71. The first-order valence-corrected chi connectivity index (χ1v) is 10.6. The van der Waals surface area contributed by atoms with Crippen LogP contribution in [0.1, 0.15) is 70.7 Å². The quantitative estimate of drug-likeness (QED) is 0.547. The number of rotatable bonds is 9. The summed E-state index contributed by atoms with van der Waals surface area (Å²) < 4.78 is 55.3. The van der Waals surface area contributed by atoms with Crippen molar-refractivity contribution in [2.24, 2.45) is 0 Å². The number of ether oxygens (including phenoxy) is 1. The van der Waals surface area contributed by atoms with Crippen LogP contribution in [0.5, 0.6) is 5.88 Å². The number of alkyl halides is 4. The van der Waals surface area contributed by atoms with Gasteiger partial charge in [-0.05, 0) is 53.0 Å². The van der Waals surface area contributed by atoms with Crippen LogP contribution < -0.4 is 10.1 Å². The number of halogens is 4. The van der Waals surface area contributed by atoms with E-state index in [1.54, 1.807) is 0 Å². The van der Waals surface area contributed by atoms with Gasteiger partial charge < -0.3 is 15.0 Å². The number of amides is 1. The molecule has 1 fully saturated rings. The maximum absolute atomic E-state index is 13.3. The summed E-state index contributed by atoms with van der Waals surface area (Å²) in [6.45, 7) is 9.65. The molecule has 1 aliphatic heterocycles. The van der Waals surface area contributed by atoms with Crippen LogP contribution in [-0.4, -0.2) is 58.4 Å². The summed E-state index contributed by atoms with van der Waals surface area (Å²) in [7, 11) is 0. The molecular weight excluding hydrogens is 414 g/mol. The first kappa shape index (κ1) is 25.4. The molecule has 31 heavy (non-hydrogen) atoms. The molecule has 176 valence electrons. The normalized spacial score (nSPS) is 18.8. The number of nitrogens with zero attached hydrogens (tertiary/aromatic N) is 2. The highest BCUT2D eigenvalue weighted by Crippen LogP contribution is 2.32. The number of nitrogens with one attached hydrogen (secondary N) is 1. The second-order valence-electron chi connectivity index (χ2n) is 9.54. The first-order valence-electron chi connectivity index (χ1n) is 10.6. The lowest BCUT2D eigenvalue weighted by molar-refractivity contribution is -0.148. The molecule has 5 nitrogen and oxygen atoms in total. The molecule has 0 unspecified atom stereocenters. The van der Waals surface area contributed by atoms with Crippen LogP contribution in [-0.2, 0) is 0 Å². The van der Waals surface area contributed by atoms with Crippen LogP contribution in [0.4, 0.5) is 17.6 Å². The Bertz CT molecular complexity index is 723. The lowest BCUT2D eigenvalue weighted by Gasteiger charge is -2.49. The second-order valence-corrected chi connectivity index (χ2v) is 9.54. The van der Waals surface area contributed by atoms with Crippen LogP contribution in [0.3, 0.4) is 0 Å². The molecule has 1 saturated heterocycles. The van der Waals surface area contributed by atoms with Gasteiger partial charge in [-0.1, -0.05) is 13.3 Å². The van der Waals surface area contributed by atoms with E-state index in [1.807, 2.05) is 4.90 Å². The summed E-state index contributed by atoms with van der Waals surface area (Å²) in [5.41, 5.74) is 0.0322. The third-order valence-corrected chi connectivity index (χ3v) is 5.34. The van der Waals surface area contributed by atoms with Crippen molar-refractivity contribution in [2.75, 3.05) is 13.2 Å². The number of pyridine rings is 1. The molecule has 0 atom stereocenters. The number of hydrogen-bond acceptors (Lipinski definition) is 4. The van der Waals surface area contributed by atoms with E-state index < -0.39 is 19.0 Å². The third kappa shape index (κ3) is 7.05. The molecule has 1 amide bonds. The standard InChI is InChI=1S/C22H33F4N3O2/c1-6-7-10-29(16-11-20(2,3)28-21(4,5)12-16)18(30)15-8-9-17(27-13-15)31-14-22(25,26)19(23)24/h8-9,13,16,19,28H,6-7,10-12,14H2,1-5H3. The summed E-state index contributed by atoms with van der Waals surface area (Å²) in [4.78, 5) is 19.0. The average molecular weight is 448 g/mol. The van der Waals surface area contributed by atoms with Gasteiger partial charge in [0.2, 0.25) is 5.88 Å². The lowest BCUT2D eigenvalue weighted by atomic mass is 9.79. The van der Waals surface area contributed by atoms with E-state index in [4.69, 9.17) is 0 Å². The smallest absolute Gasteiger partial charge is 0.340 e. The predicted molar refractivity (Wildman–Crippen MR) is 111 cm³/mol. The molecule has 0 aromatic carbocycles. The Labute approximate surface area is 181 Å². The Morgan fingerprint density at radius 1 is 1.26 bits per heavy atom. The minimum Gasteiger partial charge on any atom is -0.471 e. The molecule has 1 aromatic rings. The number of hydrogen-bond donors (Lipinski definition) is 1. The van der Waals surface area contributed by atoms with Gasteiger partial charge in [-0.3, -0.25) is 4.79 Å². The molecule has 1 N–H and O–H groups in total. The monoisotopic (exact) mass is 447 g/mol. The zero-order valence-corrected chi connectivity index (χ0v) is 18.9. The van der Waals surface area contributed by atoms with E-state index in [0.29, 0.717) is 12.1 Å². The fourth-order valence-electron chi connectivity index (χ4n) is 4.26. The van der Waals surface area contributed by atoms with Gasteiger partial charge in [-0.25, -0.2) is 13.8 Å². The third-order valence-electron chi connectivity index (χ3n) is 5.34. The molecule has 1 aliphatic rings. The van der Waals surface area contributed by atoms with Crippen molar-refractivity contribution in [2.45, 2.75) is 89.8 Å². The molecule has 2 rings (SSSR count). The minimum atomic E-state index is -4.26. The summed E-state index contributed by atoms with van der Waals surface area (Å²) in [6.07, 6.45) is 0.804. The summed E-state index contributed by atoms with van der Waals surface area (Å²) >= 11 is 0. The Hall–Kier alpha value is -1.90. The molecule has 0 radical (unpaired) electrons. The molecule has 0 bridgehead atoms. The van der Waals surface area contributed by atoms with Crippen LogP contribution in [0, 0.1) is 0 Å². The van der Waals surface area contributed by atoms with Crippen molar-refractivity contribution in [1.82, 2.24) is 15.2 Å². The fourth-order valence-corrected chi connectivity index (χ4v) is 4.26. The maximum Gasteiger partial charge on any atom is 0.340 e. The molecular formula is C22H33F4N3O2. The number of aromatic nitrogens is 1. The Morgan fingerprint density at radius 3 is 2.35 bits per heavy atom. The maximum atomic E-state index is 13.3. The van der Waals surface area contributed by atoms with Gasteiger partial charge in [0, 0.05) is 35.9 Å². The van der Waals surface area contributed by atoms with Crippen LogP contribution in [0.2, 0.25) is 0 Å². The lowest BCUT2D eigenvalue weighted by Crippen LogP contribution is -2.62. The Morgan fingerprint density at radius 2 is 1.87 bits per heavy atom. The molecule has 9 heteroatoms.